The van der Waals surface area contributed by atoms with Crippen LogP contribution in [0.1, 0.15) is 59.8 Å². The van der Waals surface area contributed by atoms with Crippen molar-refractivity contribution in [2.45, 2.75) is 39.0 Å². The molecule has 1 N–H and O–H groups in total. The largest absolute Gasteiger partial charge is 0.478 e. The lowest BCUT2D eigenvalue weighted by Gasteiger charge is -2.28. The molecule has 1 saturated heterocycles. The monoisotopic (exact) mass is 457 g/mol. The summed E-state index contributed by atoms with van der Waals surface area (Å²) in [6.45, 7) is 3.77. The van der Waals surface area contributed by atoms with E-state index >= 15 is 0 Å². The van der Waals surface area contributed by atoms with Gasteiger partial charge in [-0.15, -0.1) is 0 Å². The summed E-state index contributed by atoms with van der Waals surface area (Å²) < 4.78 is 0. The van der Waals surface area contributed by atoms with Crippen molar-refractivity contribution in [3.63, 3.8) is 0 Å². The number of nitro benzene ring substituents is 1. The van der Waals surface area contributed by atoms with Gasteiger partial charge in [0, 0.05) is 24.5 Å². The number of piperidine rings is 1. The van der Waals surface area contributed by atoms with E-state index in [0.717, 1.165) is 55.5 Å². The normalized spacial score (nSPS) is 19.3. The van der Waals surface area contributed by atoms with Gasteiger partial charge in [0.2, 0.25) is 0 Å². The van der Waals surface area contributed by atoms with Crippen molar-refractivity contribution in [1.82, 2.24) is 4.98 Å². The van der Waals surface area contributed by atoms with E-state index in [0.29, 0.717) is 34.3 Å². The summed E-state index contributed by atoms with van der Waals surface area (Å²) in [6, 6.07) is 12.7. The summed E-state index contributed by atoms with van der Waals surface area (Å²) in [4.78, 5) is 30.8. The zero-order valence-electron chi connectivity index (χ0n) is 19.2. The van der Waals surface area contributed by atoms with Crippen LogP contribution in [0.5, 0.6) is 0 Å². The van der Waals surface area contributed by atoms with Gasteiger partial charge in [-0.3, -0.25) is 10.1 Å². The van der Waals surface area contributed by atoms with Crippen LogP contribution in [0.4, 0.5) is 11.4 Å². The molecule has 1 atom stereocenters. The fraction of sp³-hybridized carbons (Fsp3) is 0.333. The summed E-state index contributed by atoms with van der Waals surface area (Å²) >= 11 is 0. The van der Waals surface area contributed by atoms with Gasteiger partial charge in [0.15, 0.2) is 0 Å². The second-order valence-electron chi connectivity index (χ2n) is 9.37. The van der Waals surface area contributed by atoms with Gasteiger partial charge in [-0.05, 0) is 72.9 Å². The number of hydrogen-bond donors (Lipinski definition) is 1. The number of nitrogens with zero attached hydrogens (tertiary/aromatic N) is 3. The highest BCUT2D eigenvalue weighted by molar-refractivity contribution is 6.06. The van der Waals surface area contributed by atoms with Crippen molar-refractivity contribution in [1.29, 1.82) is 0 Å². The number of allylic oxidation sites excluding steroid dienone is 1. The van der Waals surface area contributed by atoms with Crippen LogP contribution in [0.3, 0.4) is 0 Å². The number of aromatic carboxylic acids is 1. The number of fused-ring (bicyclic) bond motifs is 2. The summed E-state index contributed by atoms with van der Waals surface area (Å²) in [5, 5.41) is 22.6. The first-order valence-corrected chi connectivity index (χ1v) is 11.8. The SMILES string of the molecule is CC1C/C(=C\c2ccc(N3CCCCC3)c([N+](=O)[O-])c2)c2nc3ccccc3c(C(=O)O)c2C1. The number of hydrogen-bond acceptors (Lipinski definition) is 5. The standard InChI is InChI=1S/C27H27N3O4/c1-17-13-19(26-21(14-17)25(27(31)32)20-7-3-4-8-22(20)28-26)15-18-9-10-23(24(16-18)30(33)34)29-11-5-2-6-12-29/h3-4,7-10,15-17H,2,5-6,11-14H2,1H3,(H,31,32)/b19-15+. The second kappa shape index (κ2) is 8.89. The maximum atomic E-state index is 12.2. The molecule has 1 aromatic heterocycles. The predicted octanol–water partition coefficient (Wildman–Crippen LogP) is 5.95. The molecule has 34 heavy (non-hydrogen) atoms. The molecule has 0 spiro atoms. The van der Waals surface area contributed by atoms with Gasteiger partial charge < -0.3 is 10.0 Å². The van der Waals surface area contributed by atoms with Crippen LogP contribution in [0.2, 0.25) is 0 Å². The molecule has 1 unspecified atom stereocenters. The number of para-hydroxylation sites is 1. The molecule has 2 heterocycles. The number of pyridine rings is 1. The van der Waals surface area contributed by atoms with E-state index in [9.17, 15) is 20.0 Å². The Morgan fingerprint density at radius 3 is 2.65 bits per heavy atom. The molecule has 0 bridgehead atoms. The summed E-state index contributed by atoms with van der Waals surface area (Å²) in [7, 11) is 0. The van der Waals surface area contributed by atoms with Gasteiger partial charge in [-0.25, -0.2) is 9.78 Å². The highest BCUT2D eigenvalue weighted by atomic mass is 16.6. The molecule has 3 aromatic rings. The van der Waals surface area contributed by atoms with Gasteiger partial charge >= 0.3 is 5.97 Å². The molecule has 1 aliphatic heterocycles. The van der Waals surface area contributed by atoms with Crippen LogP contribution in [0.25, 0.3) is 22.6 Å². The van der Waals surface area contributed by atoms with E-state index in [2.05, 4.69) is 11.8 Å². The third kappa shape index (κ3) is 4.02. The molecule has 174 valence electrons. The Morgan fingerprint density at radius 2 is 1.91 bits per heavy atom. The van der Waals surface area contributed by atoms with E-state index in [1.165, 1.54) is 0 Å². The van der Waals surface area contributed by atoms with Crippen LogP contribution in [0, 0.1) is 16.0 Å². The Bertz CT molecular complexity index is 1320. The van der Waals surface area contributed by atoms with Gasteiger partial charge in [-0.1, -0.05) is 31.2 Å². The molecule has 5 rings (SSSR count). The minimum absolute atomic E-state index is 0.109. The van der Waals surface area contributed by atoms with E-state index in [1.54, 1.807) is 12.1 Å². The van der Waals surface area contributed by atoms with Crippen molar-refractivity contribution < 1.29 is 14.8 Å². The topological polar surface area (TPSA) is 96.6 Å². The quantitative estimate of drug-likeness (QED) is 0.384. The summed E-state index contributed by atoms with van der Waals surface area (Å²) in [5.74, 6) is -0.716. The van der Waals surface area contributed by atoms with Gasteiger partial charge in [-0.2, -0.15) is 0 Å². The third-order valence-corrected chi connectivity index (χ3v) is 6.87. The molecule has 0 amide bonds. The number of rotatable bonds is 4. The van der Waals surface area contributed by atoms with Crippen molar-refractivity contribution in [3.8, 4) is 0 Å². The first-order valence-electron chi connectivity index (χ1n) is 11.8. The lowest BCUT2D eigenvalue weighted by Crippen LogP contribution is -2.29. The van der Waals surface area contributed by atoms with Crippen molar-refractivity contribution in [2.75, 3.05) is 18.0 Å². The van der Waals surface area contributed by atoms with Crippen LogP contribution in [-0.2, 0) is 6.42 Å². The zero-order chi connectivity index (χ0) is 23.8. The first-order chi connectivity index (χ1) is 16.4. The second-order valence-corrected chi connectivity index (χ2v) is 9.37. The average molecular weight is 458 g/mol. The van der Waals surface area contributed by atoms with Gasteiger partial charge in [0.25, 0.3) is 5.69 Å². The number of benzene rings is 2. The van der Waals surface area contributed by atoms with Crippen molar-refractivity contribution in [2.24, 2.45) is 5.92 Å². The van der Waals surface area contributed by atoms with Gasteiger partial charge in [0.1, 0.15) is 5.69 Å². The lowest BCUT2D eigenvalue weighted by atomic mass is 9.80. The van der Waals surface area contributed by atoms with E-state index in [1.807, 2.05) is 36.4 Å². The minimum Gasteiger partial charge on any atom is -0.478 e. The van der Waals surface area contributed by atoms with Crippen LogP contribution >= 0.6 is 0 Å². The maximum absolute atomic E-state index is 12.2. The number of nitro groups is 1. The van der Waals surface area contributed by atoms with Gasteiger partial charge in [0.05, 0.1) is 21.7 Å². The van der Waals surface area contributed by atoms with Crippen molar-refractivity contribution in [3.05, 3.63) is 75.0 Å². The summed E-state index contributed by atoms with van der Waals surface area (Å²) in [5.41, 5.74) is 4.82. The molecule has 1 fully saturated rings. The fourth-order valence-electron chi connectivity index (χ4n) is 5.36. The Labute approximate surface area is 197 Å². The Kier molecular flexibility index (Phi) is 5.77. The smallest absolute Gasteiger partial charge is 0.336 e. The molecular formula is C27H27N3O4. The third-order valence-electron chi connectivity index (χ3n) is 6.87. The van der Waals surface area contributed by atoms with Crippen LogP contribution < -0.4 is 4.90 Å². The van der Waals surface area contributed by atoms with Crippen LogP contribution in [0.15, 0.2) is 42.5 Å². The Hall–Kier alpha value is -3.74. The molecule has 1 aliphatic carbocycles. The highest BCUT2D eigenvalue weighted by Crippen LogP contribution is 2.39. The molecule has 2 aliphatic rings. The number of carbonyl (C=O) groups is 1. The molecule has 7 heteroatoms. The molecule has 0 saturated carbocycles. The number of anilines is 1. The number of carboxylic acids is 1. The first kappa shape index (κ1) is 22.1. The van der Waals surface area contributed by atoms with E-state index in [4.69, 9.17) is 4.98 Å². The zero-order valence-corrected chi connectivity index (χ0v) is 19.2. The van der Waals surface area contributed by atoms with Crippen molar-refractivity contribution >= 4 is 39.9 Å². The molecule has 7 nitrogen and oxygen atoms in total. The maximum Gasteiger partial charge on any atom is 0.336 e. The minimum atomic E-state index is -0.954. The number of aromatic nitrogens is 1. The summed E-state index contributed by atoms with van der Waals surface area (Å²) in [6.07, 6.45) is 6.56. The van der Waals surface area contributed by atoms with Crippen LogP contribution in [-0.4, -0.2) is 34.1 Å². The molecule has 2 aromatic carbocycles. The van der Waals surface area contributed by atoms with E-state index in [-0.39, 0.29) is 16.5 Å². The number of carboxylic acid groups (broad SMARTS) is 1. The fourth-order valence-corrected chi connectivity index (χ4v) is 5.36. The molecule has 0 radical (unpaired) electrons. The molecular weight excluding hydrogens is 430 g/mol. The Balaban J connectivity index is 1.63. The lowest BCUT2D eigenvalue weighted by molar-refractivity contribution is -0.384. The Morgan fingerprint density at radius 1 is 1.15 bits per heavy atom. The predicted molar refractivity (Wildman–Crippen MR) is 133 cm³/mol. The highest BCUT2D eigenvalue weighted by Gasteiger charge is 2.28. The van der Waals surface area contributed by atoms with E-state index < -0.39 is 5.97 Å². The average Bonchev–Trinajstić information content (AvgIpc) is 2.83.